The van der Waals surface area contributed by atoms with E-state index in [9.17, 15) is 9.59 Å². The molecule has 5 nitrogen and oxygen atoms in total. The van der Waals surface area contributed by atoms with Crippen molar-refractivity contribution in [2.24, 2.45) is 0 Å². The third-order valence-electron chi connectivity index (χ3n) is 2.57. The average molecular weight is 355 g/mol. The maximum absolute atomic E-state index is 12.2. The lowest BCUT2D eigenvalue weighted by molar-refractivity contribution is 0.0696. The number of carbonyl (C=O) groups is 2. The minimum Gasteiger partial charge on any atom is -0.478 e. The summed E-state index contributed by atoms with van der Waals surface area (Å²) in [5.74, 6) is -1.34. The summed E-state index contributed by atoms with van der Waals surface area (Å²) in [4.78, 5) is 27.8. The molecule has 7 heteroatoms. The van der Waals surface area contributed by atoms with Crippen LogP contribution in [-0.2, 0) is 0 Å². The van der Waals surface area contributed by atoms with Gasteiger partial charge in [-0.05, 0) is 48.0 Å². The van der Waals surface area contributed by atoms with Gasteiger partial charge in [0.1, 0.15) is 4.88 Å². The number of aryl methyl sites for hydroxylation is 2. The number of rotatable bonds is 3. The first-order valence-electron chi connectivity index (χ1n) is 5.66. The van der Waals surface area contributed by atoms with Crippen molar-refractivity contribution in [3.05, 3.63) is 43.8 Å². The van der Waals surface area contributed by atoms with E-state index in [1.165, 1.54) is 23.5 Å². The van der Waals surface area contributed by atoms with Crippen molar-refractivity contribution in [2.45, 2.75) is 13.8 Å². The molecule has 2 aromatic rings. The van der Waals surface area contributed by atoms with Crippen LogP contribution < -0.4 is 5.32 Å². The zero-order valence-electron chi connectivity index (χ0n) is 10.7. The van der Waals surface area contributed by atoms with Crippen LogP contribution in [0.3, 0.4) is 0 Å². The fourth-order valence-electron chi connectivity index (χ4n) is 1.68. The third kappa shape index (κ3) is 3.05. The van der Waals surface area contributed by atoms with Crippen molar-refractivity contribution >= 4 is 44.8 Å². The Balaban J connectivity index is 2.30. The Morgan fingerprint density at radius 3 is 2.60 bits per heavy atom. The van der Waals surface area contributed by atoms with Crippen molar-refractivity contribution in [1.29, 1.82) is 0 Å². The van der Waals surface area contributed by atoms with Gasteiger partial charge in [-0.15, -0.1) is 11.3 Å². The van der Waals surface area contributed by atoms with Crippen LogP contribution in [0.5, 0.6) is 0 Å². The summed E-state index contributed by atoms with van der Waals surface area (Å²) in [6, 6.07) is 4.46. The van der Waals surface area contributed by atoms with E-state index in [1.807, 2.05) is 6.92 Å². The van der Waals surface area contributed by atoms with E-state index in [4.69, 9.17) is 5.11 Å². The minimum atomic E-state index is -1.04. The van der Waals surface area contributed by atoms with Gasteiger partial charge in [0.25, 0.3) is 5.91 Å². The van der Waals surface area contributed by atoms with E-state index in [-0.39, 0.29) is 11.5 Å². The standard InChI is InChI=1S/C13H11BrN2O3S/c1-6-11(20-7(2)15-6)12(17)16-10-5-8(13(18)19)3-4-9(10)14/h3-5H,1-2H3,(H,16,17)(H,18,19). The Hall–Kier alpha value is -1.73. The van der Waals surface area contributed by atoms with Crippen molar-refractivity contribution in [2.75, 3.05) is 5.32 Å². The molecule has 0 saturated heterocycles. The van der Waals surface area contributed by atoms with E-state index in [2.05, 4.69) is 26.2 Å². The highest BCUT2D eigenvalue weighted by Crippen LogP contribution is 2.26. The molecule has 1 aromatic carbocycles. The quantitative estimate of drug-likeness (QED) is 0.884. The predicted octanol–water partition coefficient (Wildman–Crippen LogP) is 3.47. The summed E-state index contributed by atoms with van der Waals surface area (Å²) in [6.45, 7) is 3.59. The Morgan fingerprint density at radius 1 is 1.35 bits per heavy atom. The molecular formula is C13H11BrN2O3S. The van der Waals surface area contributed by atoms with Crippen LogP contribution in [0.15, 0.2) is 22.7 Å². The van der Waals surface area contributed by atoms with Gasteiger partial charge >= 0.3 is 5.97 Å². The molecule has 2 N–H and O–H groups in total. The number of amides is 1. The smallest absolute Gasteiger partial charge is 0.335 e. The number of aromatic carboxylic acids is 1. The van der Waals surface area contributed by atoms with Crippen LogP contribution in [0.4, 0.5) is 5.69 Å². The highest BCUT2D eigenvalue weighted by atomic mass is 79.9. The van der Waals surface area contributed by atoms with Gasteiger partial charge in [0, 0.05) is 4.47 Å². The molecule has 1 heterocycles. The Kier molecular flexibility index (Phi) is 4.20. The Labute approximate surface area is 127 Å². The van der Waals surface area contributed by atoms with E-state index in [1.54, 1.807) is 13.0 Å². The number of hydrogen-bond donors (Lipinski definition) is 2. The van der Waals surface area contributed by atoms with Gasteiger partial charge in [-0.25, -0.2) is 9.78 Å². The van der Waals surface area contributed by atoms with Gasteiger partial charge < -0.3 is 10.4 Å². The second-order valence-electron chi connectivity index (χ2n) is 4.10. The van der Waals surface area contributed by atoms with Crippen LogP contribution >= 0.6 is 27.3 Å². The van der Waals surface area contributed by atoms with E-state index in [0.717, 1.165) is 5.01 Å². The second kappa shape index (κ2) is 5.72. The SMILES string of the molecule is Cc1nc(C)c(C(=O)Nc2cc(C(=O)O)ccc2Br)s1. The van der Waals surface area contributed by atoms with Gasteiger partial charge in [-0.2, -0.15) is 0 Å². The van der Waals surface area contributed by atoms with Gasteiger partial charge in [0.05, 0.1) is 22.0 Å². The van der Waals surface area contributed by atoms with Gasteiger partial charge in [-0.1, -0.05) is 0 Å². The molecule has 0 bridgehead atoms. The predicted molar refractivity (Wildman–Crippen MR) is 80.6 cm³/mol. The lowest BCUT2D eigenvalue weighted by atomic mass is 10.2. The molecule has 0 aliphatic heterocycles. The summed E-state index contributed by atoms with van der Waals surface area (Å²) < 4.78 is 0.620. The van der Waals surface area contributed by atoms with E-state index in [0.29, 0.717) is 20.7 Å². The van der Waals surface area contributed by atoms with Crippen LogP contribution in [0, 0.1) is 13.8 Å². The summed E-state index contributed by atoms with van der Waals surface area (Å²) in [5, 5.41) is 12.5. The molecule has 0 radical (unpaired) electrons. The molecule has 0 atom stereocenters. The number of aromatic nitrogens is 1. The number of halogens is 1. The molecule has 0 aliphatic rings. The number of benzene rings is 1. The summed E-state index contributed by atoms with van der Waals surface area (Å²) in [6.07, 6.45) is 0. The molecular weight excluding hydrogens is 344 g/mol. The monoisotopic (exact) mass is 354 g/mol. The Morgan fingerprint density at radius 2 is 2.05 bits per heavy atom. The Bertz CT molecular complexity index is 697. The molecule has 0 spiro atoms. The number of nitrogens with one attached hydrogen (secondary N) is 1. The van der Waals surface area contributed by atoms with Crippen molar-refractivity contribution in [3.63, 3.8) is 0 Å². The van der Waals surface area contributed by atoms with Crippen molar-refractivity contribution < 1.29 is 14.7 Å². The number of thiazole rings is 1. The van der Waals surface area contributed by atoms with Gasteiger partial charge in [0.2, 0.25) is 0 Å². The van der Waals surface area contributed by atoms with Gasteiger partial charge in [0.15, 0.2) is 0 Å². The molecule has 0 saturated carbocycles. The lowest BCUT2D eigenvalue weighted by Crippen LogP contribution is -2.12. The molecule has 2 rings (SSSR count). The number of carboxylic acid groups (broad SMARTS) is 1. The van der Waals surface area contributed by atoms with Crippen molar-refractivity contribution in [1.82, 2.24) is 4.98 Å². The zero-order valence-corrected chi connectivity index (χ0v) is 13.1. The number of nitrogens with zero attached hydrogens (tertiary/aromatic N) is 1. The minimum absolute atomic E-state index is 0.112. The highest BCUT2D eigenvalue weighted by molar-refractivity contribution is 9.10. The first kappa shape index (κ1) is 14.7. The van der Waals surface area contributed by atoms with E-state index >= 15 is 0 Å². The van der Waals surface area contributed by atoms with Crippen LogP contribution in [-0.4, -0.2) is 22.0 Å². The fraction of sp³-hybridized carbons (Fsp3) is 0.154. The average Bonchev–Trinajstić information content (AvgIpc) is 2.71. The third-order valence-corrected chi connectivity index (χ3v) is 4.33. The summed E-state index contributed by atoms with van der Waals surface area (Å²) >= 11 is 4.59. The summed E-state index contributed by atoms with van der Waals surface area (Å²) in [5.41, 5.74) is 1.19. The maximum atomic E-state index is 12.2. The largest absolute Gasteiger partial charge is 0.478 e. The molecule has 1 aromatic heterocycles. The highest BCUT2D eigenvalue weighted by Gasteiger charge is 2.16. The number of hydrogen-bond acceptors (Lipinski definition) is 4. The number of carbonyl (C=O) groups excluding carboxylic acids is 1. The van der Waals surface area contributed by atoms with Crippen molar-refractivity contribution in [3.8, 4) is 0 Å². The van der Waals surface area contributed by atoms with Crippen LogP contribution in [0.25, 0.3) is 0 Å². The molecule has 1 amide bonds. The normalized spacial score (nSPS) is 10.3. The maximum Gasteiger partial charge on any atom is 0.335 e. The van der Waals surface area contributed by atoms with Crippen LogP contribution in [0.1, 0.15) is 30.7 Å². The summed E-state index contributed by atoms with van der Waals surface area (Å²) in [7, 11) is 0. The number of carboxylic acids is 1. The second-order valence-corrected chi connectivity index (χ2v) is 6.16. The zero-order chi connectivity index (χ0) is 14.9. The molecule has 20 heavy (non-hydrogen) atoms. The van der Waals surface area contributed by atoms with E-state index < -0.39 is 5.97 Å². The molecule has 0 fully saturated rings. The number of anilines is 1. The first-order chi connectivity index (χ1) is 9.38. The topological polar surface area (TPSA) is 79.3 Å². The van der Waals surface area contributed by atoms with Crippen LogP contribution in [0.2, 0.25) is 0 Å². The van der Waals surface area contributed by atoms with Gasteiger partial charge in [-0.3, -0.25) is 4.79 Å². The molecule has 104 valence electrons. The molecule has 0 aliphatic carbocycles. The fourth-order valence-corrected chi connectivity index (χ4v) is 2.84. The lowest BCUT2D eigenvalue weighted by Gasteiger charge is -2.07. The molecule has 0 unspecified atom stereocenters. The first-order valence-corrected chi connectivity index (χ1v) is 7.27.